The van der Waals surface area contributed by atoms with Gasteiger partial charge in [-0.05, 0) is 74.7 Å². The number of ether oxygens (including phenoxy) is 1. The summed E-state index contributed by atoms with van der Waals surface area (Å²) in [5, 5.41) is 0.802. The molecule has 1 aliphatic heterocycles. The van der Waals surface area contributed by atoms with Crippen molar-refractivity contribution in [2.75, 3.05) is 26.7 Å². The van der Waals surface area contributed by atoms with E-state index in [1.165, 1.54) is 31.5 Å². The molecule has 1 aliphatic carbocycles. The maximum Gasteiger partial charge on any atom is 0.222 e. The zero-order valence-corrected chi connectivity index (χ0v) is 18.4. The highest BCUT2D eigenvalue weighted by atomic mass is 35.5. The number of halogens is 1. The summed E-state index contributed by atoms with van der Waals surface area (Å²) in [6.07, 6.45) is 6.46. The summed E-state index contributed by atoms with van der Waals surface area (Å²) in [6, 6.07) is 6.11. The van der Waals surface area contributed by atoms with Gasteiger partial charge in [-0.1, -0.05) is 31.5 Å². The smallest absolute Gasteiger partial charge is 0.222 e. The van der Waals surface area contributed by atoms with Gasteiger partial charge in [-0.25, -0.2) is 0 Å². The predicted molar refractivity (Wildman–Crippen MR) is 115 cm³/mol. The molecule has 0 aromatic heterocycles. The van der Waals surface area contributed by atoms with Crippen LogP contribution >= 0.6 is 11.6 Å². The van der Waals surface area contributed by atoms with E-state index in [9.17, 15) is 4.79 Å². The number of likely N-dealkylation sites (tertiary alicyclic amines) is 1. The first-order valence-electron chi connectivity index (χ1n) is 10.8. The first kappa shape index (κ1) is 21.4. The molecule has 1 heterocycles. The molecule has 2 fully saturated rings. The maximum atomic E-state index is 12.2. The minimum atomic E-state index is 0.240. The van der Waals surface area contributed by atoms with Gasteiger partial charge in [0.2, 0.25) is 5.91 Å². The van der Waals surface area contributed by atoms with Gasteiger partial charge in [0.05, 0.1) is 6.10 Å². The van der Waals surface area contributed by atoms with Crippen LogP contribution in [0.2, 0.25) is 5.02 Å². The van der Waals surface area contributed by atoms with E-state index in [2.05, 4.69) is 24.8 Å². The third-order valence-electron chi connectivity index (χ3n) is 6.01. The normalized spacial score (nSPS) is 22.3. The molecular weight excluding hydrogens is 372 g/mol. The van der Waals surface area contributed by atoms with Crippen LogP contribution in [0.5, 0.6) is 5.75 Å². The minimum Gasteiger partial charge on any atom is -0.490 e. The molecule has 1 saturated carbocycles. The van der Waals surface area contributed by atoms with Crippen molar-refractivity contribution in [3.05, 3.63) is 28.8 Å². The van der Waals surface area contributed by atoms with Gasteiger partial charge in [0.25, 0.3) is 0 Å². The zero-order valence-electron chi connectivity index (χ0n) is 17.6. The molecular formula is C23H35ClN2O2. The highest BCUT2D eigenvalue weighted by molar-refractivity contribution is 6.31. The summed E-state index contributed by atoms with van der Waals surface area (Å²) in [5.74, 6) is 2.24. The molecule has 0 radical (unpaired) electrons. The lowest BCUT2D eigenvalue weighted by molar-refractivity contribution is -0.131. The van der Waals surface area contributed by atoms with Gasteiger partial charge in [0, 0.05) is 31.6 Å². The molecule has 156 valence electrons. The number of nitrogens with zero attached hydrogens (tertiary/aromatic N) is 2. The van der Waals surface area contributed by atoms with Gasteiger partial charge >= 0.3 is 0 Å². The first-order valence-corrected chi connectivity index (χ1v) is 11.2. The van der Waals surface area contributed by atoms with Gasteiger partial charge in [-0.2, -0.15) is 0 Å². The van der Waals surface area contributed by atoms with Crippen LogP contribution in [0.25, 0.3) is 0 Å². The van der Waals surface area contributed by atoms with Crippen molar-refractivity contribution in [2.45, 2.75) is 65.0 Å². The van der Waals surface area contributed by atoms with E-state index < -0.39 is 0 Å². The van der Waals surface area contributed by atoms with Crippen LogP contribution < -0.4 is 4.74 Å². The summed E-state index contributed by atoms with van der Waals surface area (Å²) in [6.45, 7) is 8.44. The lowest BCUT2D eigenvalue weighted by atomic mass is 9.82. The molecule has 4 nitrogen and oxygen atoms in total. The number of amides is 1. The summed E-state index contributed by atoms with van der Waals surface area (Å²) < 4.78 is 6.11. The molecule has 0 spiro atoms. The van der Waals surface area contributed by atoms with Crippen molar-refractivity contribution < 1.29 is 9.53 Å². The van der Waals surface area contributed by atoms with Gasteiger partial charge in [-0.15, -0.1) is 0 Å². The highest BCUT2D eigenvalue weighted by Gasteiger charge is 2.32. The molecule has 2 aliphatic rings. The molecule has 3 rings (SSSR count). The molecule has 5 heteroatoms. The quantitative estimate of drug-likeness (QED) is 0.579. The van der Waals surface area contributed by atoms with Gasteiger partial charge in [0.1, 0.15) is 5.75 Å². The molecule has 1 aromatic carbocycles. The minimum absolute atomic E-state index is 0.240. The Labute approximate surface area is 175 Å². The number of carbonyl (C=O) groups excluding carboxylic acids is 1. The lowest BCUT2D eigenvalue weighted by Crippen LogP contribution is -2.41. The Hall–Kier alpha value is -1.26. The van der Waals surface area contributed by atoms with Crippen molar-refractivity contribution in [3.8, 4) is 5.75 Å². The molecule has 28 heavy (non-hydrogen) atoms. The Bertz CT molecular complexity index is 652. The van der Waals surface area contributed by atoms with Gasteiger partial charge < -0.3 is 9.64 Å². The van der Waals surface area contributed by atoms with Crippen molar-refractivity contribution in [2.24, 2.45) is 11.8 Å². The largest absolute Gasteiger partial charge is 0.490 e. The fourth-order valence-corrected chi connectivity index (χ4v) is 4.35. The second kappa shape index (κ2) is 9.98. The molecule has 0 unspecified atom stereocenters. The van der Waals surface area contributed by atoms with Crippen molar-refractivity contribution in [3.63, 3.8) is 0 Å². The SMILES string of the molecule is CC(C)CCC(=O)N(C)CC1CC(Oc2ccc(CN3CCCC3)c(Cl)c2)C1. The van der Waals surface area contributed by atoms with Gasteiger partial charge in [-0.3, -0.25) is 9.69 Å². The van der Waals surface area contributed by atoms with Crippen molar-refractivity contribution in [1.29, 1.82) is 0 Å². The maximum absolute atomic E-state index is 12.2. The monoisotopic (exact) mass is 406 g/mol. The molecule has 0 N–H and O–H groups in total. The Morgan fingerprint density at radius 2 is 2.00 bits per heavy atom. The lowest BCUT2D eigenvalue weighted by Gasteiger charge is -2.37. The van der Waals surface area contributed by atoms with E-state index in [0.717, 1.165) is 43.1 Å². The van der Waals surface area contributed by atoms with E-state index in [4.69, 9.17) is 16.3 Å². The molecule has 1 aromatic rings. The van der Waals surface area contributed by atoms with Crippen LogP contribution in [0.4, 0.5) is 0 Å². The summed E-state index contributed by atoms with van der Waals surface area (Å²) >= 11 is 6.49. The molecule has 0 atom stereocenters. The van der Waals surface area contributed by atoms with Crippen LogP contribution in [-0.2, 0) is 11.3 Å². The van der Waals surface area contributed by atoms with E-state index in [0.29, 0.717) is 18.3 Å². The fraction of sp³-hybridized carbons (Fsp3) is 0.696. The number of rotatable bonds is 9. The average Bonchev–Trinajstić information content (AvgIpc) is 3.13. The molecule has 1 saturated heterocycles. The van der Waals surface area contributed by atoms with Crippen LogP contribution in [0.3, 0.4) is 0 Å². The Balaban J connectivity index is 1.39. The van der Waals surface area contributed by atoms with Crippen LogP contribution in [0.1, 0.15) is 57.9 Å². The number of hydrogen-bond donors (Lipinski definition) is 0. The topological polar surface area (TPSA) is 32.8 Å². The van der Waals surface area contributed by atoms with Crippen LogP contribution in [0, 0.1) is 11.8 Å². The molecule has 0 bridgehead atoms. The van der Waals surface area contributed by atoms with E-state index in [1.54, 1.807) is 0 Å². The van der Waals surface area contributed by atoms with Gasteiger partial charge in [0.15, 0.2) is 0 Å². The highest BCUT2D eigenvalue weighted by Crippen LogP contribution is 2.33. The first-order chi connectivity index (χ1) is 13.4. The summed E-state index contributed by atoms with van der Waals surface area (Å²) in [5.41, 5.74) is 1.18. The Kier molecular flexibility index (Phi) is 7.64. The van der Waals surface area contributed by atoms with Crippen molar-refractivity contribution in [1.82, 2.24) is 9.80 Å². The Morgan fingerprint density at radius 3 is 2.64 bits per heavy atom. The summed E-state index contributed by atoms with van der Waals surface area (Å²) in [4.78, 5) is 16.5. The van der Waals surface area contributed by atoms with E-state index in [1.807, 2.05) is 24.1 Å². The predicted octanol–water partition coefficient (Wildman–Crippen LogP) is 4.99. The van der Waals surface area contributed by atoms with Crippen LogP contribution in [-0.4, -0.2) is 48.5 Å². The Morgan fingerprint density at radius 1 is 1.29 bits per heavy atom. The number of hydrogen-bond acceptors (Lipinski definition) is 3. The van der Waals surface area contributed by atoms with E-state index in [-0.39, 0.29) is 12.0 Å². The third-order valence-corrected chi connectivity index (χ3v) is 6.36. The fourth-order valence-electron chi connectivity index (χ4n) is 4.12. The third kappa shape index (κ3) is 6.12. The second-order valence-corrected chi connectivity index (χ2v) is 9.43. The zero-order chi connectivity index (χ0) is 20.1. The molecule has 1 amide bonds. The van der Waals surface area contributed by atoms with Crippen molar-refractivity contribution >= 4 is 17.5 Å². The number of benzene rings is 1. The number of carbonyl (C=O) groups is 1. The van der Waals surface area contributed by atoms with E-state index >= 15 is 0 Å². The standard InChI is InChI=1S/C23H35ClN2O2/c1-17(2)6-9-23(27)25(3)15-18-12-21(13-18)28-20-8-7-19(22(24)14-20)16-26-10-4-5-11-26/h7-8,14,17-18,21H,4-6,9-13,15-16H2,1-3H3. The second-order valence-electron chi connectivity index (χ2n) is 9.02. The van der Waals surface area contributed by atoms with Crippen LogP contribution in [0.15, 0.2) is 18.2 Å². The summed E-state index contributed by atoms with van der Waals surface area (Å²) in [7, 11) is 1.93. The average molecular weight is 407 g/mol.